The van der Waals surface area contributed by atoms with E-state index in [9.17, 15) is 32.7 Å². The quantitative estimate of drug-likeness (QED) is 0.777. The van der Waals surface area contributed by atoms with Gasteiger partial charge in [-0.25, -0.2) is 4.79 Å². The predicted molar refractivity (Wildman–Crippen MR) is 79.3 cm³/mol. The van der Waals surface area contributed by atoms with E-state index in [1.165, 1.54) is 4.90 Å². The van der Waals surface area contributed by atoms with Gasteiger partial charge in [-0.05, 0) is 37.0 Å². The summed E-state index contributed by atoms with van der Waals surface area (Å²) in [5.74, 6) is -3.96. The molecule has 0 bridgehead atoms. The normalized spacial score (nSPS) is 30.0. The molecule has 2 saturated carbocycles. The first-order chi connectivity index (χ1) is 11.7. The molecule has 0 radical (unpaired) electrons. The van der Waals surface area contributed by atoms with E-state index in [0.717, 1.165) is 25.7 Å². The molecule has 0 aromatic carbocycles. The number of amides is 2. The minimum Gasteiger partial charge on any atom is -0.480 e. The maximum absolute atomic E-state index is 12.8. The lowest BCUT2D eigenvalue weighted by atomic mass is 9.94. The molecule has 25 heavy (non-hydrogen) atoms. The molecule has 6 nitrogen and oxygen atoms in total. The standard InChI is InChI=1S/C16H21F3N2O4/c17-16(18,19)15(25)20-11(6-8-4-5-8)13(22)21-7-9-2-1-3-10(9)12(21)14(23)24/h8-12H,1-7H2,(H,20,25)(H,23,24)/t9-,10-,11?,12-/m0/s1. The topological polar surface area (TPSA) is 86.7 Å². The van der Waals surface area contributed by atoms with Crippen molar-refractivity contribution in [1.29, 1.82) is 0 Å². The highest BCUT2D eigenvalue weighted by Crippen LogP contribution is 2.43. The van der Waals surface area contributed by atoms with Crippen molar-refractivity contribution >= 4 is 17.8 Å². The zero-order valence-corrected chi connectivity index (χ0v) is 13.6. The smallest absolute Gasteiger partial charge is 0.471 e. The highest BCUT2D eigenvalue weighted by molar-refractivity contribution is 5.92. The van der Waals surface area contributed by atoms with Gasteiger partial charge in [0.05, 0.1) is 0 Å². The van der Waals surface area contributed by atoms with E-state index >= 15 is 0 Å². The number of nitrogens with zero attached hydrogens (tertiary/aromatic N) is 1. The fourth-order valence-corrected chi connectivity index (χ4v) is 4.20. The van der Waals surface area contributed by atoms with Crippen LogP contribution in [0.1, 0.15) is 38.5 Å². The van der Waals surface area contributed by atoms with Gasteiger partial charge < -0.3 is 15.3 Å². The maximum atomic E-state index is 12.8. The summed E-state index contributed by atoms with van der Waals surface area (Å²) >= 11 is 0. The molecule has 2 N–H and O–H groups in total. The third-order valence-electron chi connectivity index (χ3n) is 5.55. The highest BCUT2D eigenvalue weighted by atomic mass is 19.4. The molecule has 0 spiro atoms. The second kappa shape index (κ2) is 6.49. The van der Waals surface area contributed by atoms with Crippen LogP contribution in [0.3, 0.4) is 0 Å². The number of carboxylic acid groups (broad SMARTS) is 1. The Morgan fingerprint density at radius 2 is 1.84 bits per heavy atom. The molecule has 1 heterocycles. The molecule has 2 aliphatic carbocycles. The Balaban J connectivity index is 1.76. The van der Waals surface area contributed by atoms with Gasteiger partial charge in [-0.3, -0.25) is 9.59 Å². The molecule has 3 aliphatic rings. The van der Waals surface area contributed by atoms with E-state index in [1.807, 2.05) is 0 Å². The molecule has 9 heteroatoms. The molecule has 0 aromatic heterocycles. The van der Waals surface area contributed by atoms with Crippen LogP contribution in [0, 0.1) is 17.8 Å². The van der Waals surface area contributed by atoms with Crippen LogP contribution in [0.5, 0.6) is 0 Å². The molecular weight excluding hydrogens is 341 g/mol. The summed E-state index contributed by atoms with van der Waals surface area (Å²) in [6.45, 7) is 0.240. The first-order valence-corrected chi connectivity index (χ1v) is 8.59. The molecule has 1 aliphatic heterocycles. The summed E-state index contributed by atoms with van der Waals surface area (Å²) < 4.78 is 37.7. The van der Waals surface area contributed by atoms with Crippen molar-refractivity contribution < 1.29 is 32.7 Å². The molecule has 140 valence electrons. The van der Waals surface area contributed by atoms with Gasteiger partial charge in [0, 0.05) is 6.54 Å². The van der Waals surface area contributed by atoms with Gasteiger partial charge in [0.2, 0.25) is 5.91 Å². The SMILES string of the molecule is O=C(O)[C@@H]1[C@H]2CCC[C@H]2CN1C(=O)C(CC1CC1)NC(=O)C(F)(F)F. The number of fused-ring (bicyclic) bond motifs is 1. The van der Waals surface area contributed by atoms with Gasteiger partial charge in [-0.15, -0.1) is 0 Å². The summed E-state index contributed by atoms with van der Waals surface area (Å²) in [4.78, 5) is 36.9. The minimum absolute atomic E-state index is 0.0740. The molecule has 4 atom stereocenters. The Bertz CT molecular complexity index is 576. The fraction of sp³-hybridized carbons (Fsp3) is 0.812. The van der Waals surface area contributed by atoms with Crippen LogP contribution in [0.4, 0.5) is 13.2 Å². The van der Waals surface area contributed by atoms with Crippen LogP contribution in [0.2, 0.25) is 0 Å². The number of carbonyl (C=O) groups is 3. The number of carbonyl (C=O) groups excluding carboxylic acids is 2. The van der Waals surface area contributed by atoms with Gasteiger partial charge >= 0.3 is 18.1 Å². The van der Waals surface area contributed by atoms with Gasteiger partial charge in [0.1, 0.15) is 12.1 Å². The third kappa shape index (κ3) is 3.74. The number of halogens is 3. The lowest BCUT2D eigenvalue weighted by molar-refractivity contribution is -0.175. The van der Waals surface area contributed by atoms with Gasteiger partial charge in [0.15, 0.2) is 0 Å². The van der Waals surface area contributed by atoms with Crippen LogP contribution in [-0.4, -0.2) is 52.6 Å². The molecule has 3 fully saturated rings. The Labute approximate surface area is 142 Å². The van der Waals surface area contributed by atoms with Gasteiger partial charge in [-0.2, -0.15) is 13.2 Å². The third-order valence-corrected chi connectivity index (χ3v) is 5.55. The lowest BCUT2D eigenvalue weighted by Crippen LogP contribution is -2.54. The zero-order chi connectivity index (χ0) is 18.4. The van der Waals surface area contributed by atoms with E-state index in [2.05, 4.69) is 0 Å². The average Bonchev–Trinajstić information content (AvgIpc) is 3.07. The van der Waals surface area contributed by atoms with Gasteiger partial charge in [-0.1, -0.05) is 19.3 Å². The van der Waals surface area contributed by atoms with Crippen LogP contribution in [0.25, 0.3) is 0 Å². The largest absolute Gasteiger partial charge is 0.480 e. The van der Waals surface area contributed by atoms with Crippen molar-refractivity contribution in [3.8, 4) is 0 Å². The van der Waals surface area contributed by atoms with Crippen molar-refractivity contribution in [2.45, 2.75) is 56.8 Å². The monoisotopic (exact) mass is 362 g/mol. The van der Waals surface area contributed by atoms with Crippen molar-refractivity contribution in [3.05, 3.63) is 0 Å². The van der Waals surface area contributed by atoms with Crippen molar-refractivity contribution in [1.82, 2.24) is 10.2 Å². The number of likely N-dealkylation sites (tertiary alicyclic amines) is 1. The number of hydrogen-bond donors (Lipinski definition) is 2. The first-order valence-electron chi connectivity index (χ1n) is 8.59. The van der Waals surface area contributed by atoms with E-state index in [1.54, 1.807) is 5.32 Å². The van der Waals surface area contributed by atoms with Crippen molar-refractivity contribution in [2.24, 2.45) is 17.8 Å². The Kier molecular flexibility index (Phi) is 4.68. The summed E-state index contributed by atoms with van der Waals surface area (Å²) in [5.41, 5.74) is 0. The van der Waals surface area contributed by atoms with E-state index in [4.69, 9.17) is 0 Å². The number of rotatable bonds is 5. The van der Waals surface area contributed by atoms with E-state index < -0.39 is 36.0 Å². The van der Waals surface area contributed by atoms with Crippen LogP contribution < -0.4 is 5.32 Å². The number of aliphatic carboxylic acids is 1. The number of nitrogens with one attached hydrogen (secondary N) is 1. The molecule has 2 amide bonds. The molecule has 3 rings (SSSR count). The number of carboxylic acids is 1. The Morgan fingerprint density at radius 3 is 2.40 bits per heavy atom. The van der Waals surface area contributed by atoms with Gasteiger partial charge in [0.25, 0.3) is 0 Å². The lowest BCUT2D eigenvalue weighted by Gasteiger charge is -2.29. The van der Waals surface area contributed by atoms with Crippen LogP contribution >= 0.6 is 0 Å². The summed E-state index contributed by atoms with van der Waals surface area (Å²) in [5, 5.41) is 11.3. The number of alkyl halides is 3. The molecule has 1 saturated heterocycles. The second-order valence-electron chi connectivity index (χ2n) is 7.33. The molecule has 1 unspecified atom stereocenters. The van der Waals surface area contributed by atoms with Crippen LogP contribution in [-0.2, 0) is 14.4 Å². The Morgan fingerprint density at radius 1 is 1.16 bits per heavy atom. The molecule has 0 aromatic rings. The Hall–Kier alpha value is -1.80. The second-order valence-corrected chi connectivity index (χ2v) is 7.33. The van der Waals surface area contributed by atoms with Crippen molar-refractivity contribution in [3.63, 3.8) is 0 Å². The summed E-state index contributed by atoms with van der Waals surface area (Å²) in [6, 6.07) is -2.33. The predicted octanol–water partition coefficient (Wildman–Crippen LogP) is 1.55. The fourth-order valence-electron chi connectivity index (χ4n) is 4.20. The summed E-state index contributed by atoms with van der Waals surface area (Å²) in [6.07, 6.45) is -0.918. The highest BCUT2D eigenvalue weighted by Gasteiger charge is 2.51. The van der Waals surface area contributed by atoms with E-state index in [-0.39, 0.29) is 30.7 Å². The zero-order valence-electron chi connectivity index (χ0n) is 13.6. The van der Waals surface area contributed by atoms with Crippen molar-refractivity contribution in [2.75, 3.05) is 6.54 Å². The first kappa shape index (κ1) is 18.0. The van der Waals surface area contributed by atoms with Crippen LogP contribution in [0.15, 0.2) is 0 Å². The average molecular weight is 362 g/mol. The maximum Gasteiger partial charge on any atom is 0.471 e. The summed E-state index contributed by atoms with van der Waals surface area (Å²) in [7, 11) is 0. The molecular formula is C16H21F3N2O4. The van der Waals surface area contributed by atoms with E-state index in [0.29, 0.717) is 6.42 Å². The number of hydrogen-bond acceptors (Lipinski definition) is 3. The minimum atomic E-state index is -5.07.